The van der Waals surface area contributed by atoms with Crippen LogP contribution in [0.25, 0.3) is 0 Å². The highest BCUT2D eigenvalue weighted by Gasteiger charge is 2.29. The minimum Gasteiger partial charge on any atom is -0.496 e. The van der Waals surface area contributed by atoms with Gasteiger partial charge in [0.05, 0.1) is 17.8 Å². The summed E-state index contributed by atoms with van der Waals surface area (Å²) in [5.41, 5.74) is 4.33. The van der Waals surface area contributed by atoms with Crippen LogP contribution >= 0.6 is 18.7 Å². The second kappa shape index (κ2) is 11.2. The number of rotatable bonds is 7. The largest absolute Gasteiger partial charge is 0.496 e. The molecule has 1 saturated heterocycles. The molecule has 1 fully saturated rings. The fraction of sp³-hybridized carbons (Fsp3) is 0.467. The van der Waals surface area contributed by atoms with Gasteiger partial charge in [0.2, 0.25) is 0 Å². The highest BCUT2D eigenvalue weighted by atomic mass is 35.5. The van der Waals surface area contributed by atoms with Gasteiger partial charge >= 0.3 is 0 Å². The summed E-state index contributed by atoms with van der Waals surface area (Å²) in [4.78, 5) is 11.8. The summed E-state index contributed by atoms with van der Waals surface area (Å²) in [6.45, 7) is 12.8. The number of hydrogen-bond acceptors (Lipinski definition) is 5. The molecule has 5 nitrogen and oxygen atoms in total. The summed E-state index contributed by atoms with van der Waals surface area (Å²) in [6.07, 6.45) is 5.14. The lowest BCUT2D eigenvalue weighted by molar-refractivity contribution is 0.199. The van der Waals surface area contributed by atoms with Crippen molar-refractivity contribution in [1.82, 2.24) is 9.97 Å². The van der Waals surface area contributed by atoms with Crippen LogP contribution in [0, 0.1) is 11.3 Å². The Bertz CT molecular complexity index is 1290. The number of aromatic nitrogens is 2. The monoisotopic (exact) mass is 539 g/mol. The predicted octanol–water partition coefficient (Wildman–Crippen LogP) is 6.83. The Hall–Kier alpha value is -2.36. The summed E-state index contributed by atoms with van der Waals surface area (Å²) < 4.78 is 18.6. The molecule has 0 spiro atoms. The highest BCUT2D eigenvalue weighted by Crippen LogP contribution is 2.38. The van der Waals surface area contributed by atoms with Crippen molar-refractivity contribution in [2.75, 3.05) is 38.4 Å². The average molecular weight is 540 g/mol. The molecule has 0 radical (unpaired) electrons. The second-order valence-electron chi connectivity index (χ2n) is 11.5. The molecule has 2 heterocycles. The van der Waals surface area contributed by atoms with Crippen LogP contribution in [0.15, 0.2) is 48.7 Å². The van der Waals surface area contributed by atoms with E-state index in [0.29, 0.717) is 29.1 Å². The molecule has 0 atom stereocenters. The Morgan fingerprint density at radius 1 is 1.05 bits per heavy atom. The molecule has 4 rings (SSSR count). The van der Waals surface area contributed by atoms with Crippen LogP contribution in [-0.4, -0.2) is 43.5 Å². The Morgan fingerprint density at radius 2 is 1.76 bits per heavy atom. The van der Waals surface area contributed by atoms with Crippen LogP contribution in [0.5, 0.6) is 5.75 Å². The first kappa shape index (κ1) is 27.7. The molecular formula is C30H39ClN3O2P. The van der Waals surface area contributed by atoms with Gasteiger partial charge in [-0.3, -0.25) is 0 Å². The number of halogens is 1. The molecule has 2 aromatic carbocycles. The van der Waals surface area contributed by atoms with Crippen molar-refractivity contribution in [2.24, 2.45) is 11.3 Å². The normalized spacial score (nSPS) is 15.2. The van der Waals surface area contributed by atoms with Gasteiger partial charge < -0.3 is 14.2 Å². The highest BCUT2D eigenvalue weighted by molar-refractivity contribution is 7.70. The first-order chi connectivity index (χ1) is 17.5. The topological polar surface area (TPSA) is 55.3 Å². The van der Waals surface area contributed by atoms with E-state index in [4.69, 9.17) is 21.3 Å². The fourth-order valence-electron chi connectivity index (χ4n) is 5.27. The van der Waals surface area contributed by atoms with Gasteiger partial charge in [-0.25, -0.2) is 9.97 Å². The first-order valence-corrected chi connectivity index (χ1v) is 16.0. The van der Waals surface area contributed by atoms with E-state index in [-0.39, 0.29) is 0 Å². The number of benzene rings is 2. The zero-order valence-electron chi connectivity index (χ0n) is 22.9. The van der Waals surface area contributed by atoms with E-state index in [2.05, 4.69) is 48.9 Å². The molecule has 3 aromatic rings. The van der Waals surface area contributed by atoms with Crippen molar-refractivity contribution in [2.45, 2.75) is 46.5 Å². The van der Waals surface area contributed by atoms with Crippen molar-refractivity contribution in [3.8, 4) is 5.75 Å². The number of nitrogens with zero attached hydrogens (tertiary/aromatic N) is 3. The van der Waals surface area contributed by atoms with E-state index in [9.17, 15) is 4.57 Å². The smallest absolute Gasteiger partial charge is 0.133 e. The molecule has 1 aromatic heterocycles. The van der Waals surface area contributed by atoms with Crippen LogP contribution < -0.4 is 14.9 Å². The van der Waals surface area contributed by atoms with Crippen molar-refractivity contribution in [3.63, 3.8) is 0 Å². The number of hydrogen-bond donors (Lipinski definition) is 0. The predicted molar refractivity (Wildman–Crippen MR) is 156 cm³/mol. The second-order valence-corrected chi connectivity index (χ2v) is 15.1. The molecular weight excluding hydrogens is 501 g/mol. The maximum Gasteiger partial charge on any atom is 0.133 e. The molecule has 0 N–H and O–H groups in total. The minimum atomic E-state index is -2.42. The number of piperidine rings is 1. The Labute approximate surface area is 227 Å². The van der Waals surface area contributed by atoms with Crippen molar-refractivity contribution < 1.29 is 9.30 Å². The summed E-state index contributed by atoms with van der Waals surface area (Å²) in [5.74, 6) is 2.29. The molecule has 0 amide bonds. The van der Waals surface area contributed by atoms with Crippen LogP contribution in [-0.2, 0) is 17.4 Å². The van der Waals surface area contributed by atoms with E-state index >= 15 is 0 Å². The summed E-state index contributed by atoms with van der Waals surface area (Å²) in [5, 5.41) is 1.39. The van der Waals surface area contributed by atoms with Crippen molar-refractivity contribution >= 4 is 29.7 Å². The molecule has 7 heteroatoms. The van der Waals surface area contributed by atoms with Gasteiger partial charge in [0.15, 0.2) is 0 Å². The van der Waals surface area contributed by atoms with Crippen LogP contribution in [0.3, 0.4) is 0 Å². The number of methoxy groups -OCH3 is 1. The Balaban J connectivity index is 1.52. The summed E-state index contributed by atoms with van der Waals surface area (Å²) in [7, 11) is -0.705. The lowest BCUT2D eigenvalue weighted by Gasteiger charge is -2.39. The van der Waals surface area contributed by atoms with E-state index in [1.165, 1.54) is 18.5 Å². The van der Waals surface area contributed by atoms with Gasteiger partial charge in [0.25, 0.3) is 0 Å². The molecule has 0 bridgehead atoms. The van der Waals surface area contributed by atoms with Gasteiger partial charge in [0.1, 0.15) is 18.7 Å². The first-order valence-electron chi connectivity index (χ1n) is 13.0. The average Bonchev–Trinajstić information content (AvgIpc) is 2.85. The van der Waals surface area contributed by atoms with Gasteiger partial charge in [-0.2, -0.15) is 0 Å². The van der Waals surface area contributed by atoms with Crippen LogP contribution in [0.1, 0.15) is 56.3 Å². The molecule has 198 valence electrons. The SMILES string of the molecule is COc1cc(N2CCC(C(C)(C)C)CC2)ccc1Cc1ncc(Cl)c(Cc2ccccc2P(C)(C)=O)n1. The molecule has 0 aliphatic carbocycles. The minimum absolute atomic E-state index is 0.361. The number of ether oxygens (including phenoxy) is 1. The van der Waals surface area contributed by atoms with Crippen molar-refractivity contribution in [3.05, 3.63) is 76.3 Å². The molecule has 0 unspecified atom stereocenters. The van der Waals surface area contributed by atoms with Crippen molar-refractivity contribution in [1.29, 1.82) is 0 Å². The van der Waals surface area contributed by atoms with Gasteiger partial charge in [-0.1, -0.05) is 62.7 Å². The van der Waals surface area contributed by atoms with Gasteiger partial charge in [0, 0.05) is 54.7 Å². The third-order valence-electron chi connectivity index (χ3n) is 7.50. The lowest BCUT2D eigenvalue weighted by atomic mass is 9.75. The summed E-state index contributed by atoms with van der Waals surface area (Å²) >= 11 is 6.50. The molecule has 1 aliphatic heterocycles. The maximum atomic E-state index is 12.8. The quantitative estimate of drug-likeness (QED) is 0.308. The zero-order valence-corrected chi connectivity index (χ0v) is 24.6. The van der Waals surface area contributed by atoms with E-state index in [1.54, 1.807) is 26.6 Å². The maximum absolute atomic E-state index is 12.8. The zero-order chi connectivity index (χ0) is 26.8. The number of anilines is 1. The molecule has 1 aliphatic rings. The van der Waals surface area contributed by atoms with E-state index in [1.807, 2.05) is 24.3 Å². The van der Waals surface area contributed by atoms with Gasteiger partial charge in [-0.15, -0.1) is 0 Å². The Morgan fingerprint density at radius 3 is 2.41 bits per heavy atom. The molecule has 0 saturated carbocycles. The third-order valence-corrected chi connectivity index (χ3v) is 9.41. The standard InChI is InChI=1S/C30H39ClN3O2P/c1-30(2,3)23-13-15-34(16-14-23)24-12-11-21(27(19-24)36-4)18-29-32-20-25(31)26(33-29)17-22-9-7-8-10-28(22)37(5,6)35/h7-12,19-20,23H,13-18H2,1-6H3. The molecule has 37 heavy (non-hydrogen) atoms. The van der Waals surface area contributed by atoms with E-state index < -0.39 is 7.14 Å². The fourth-order valence-corrected chi connectivity index (χ4v) is 6.72. The van der Waals surface area contributed by atoms with E-state index in [0.717, 1.165) is 46.9 Å². The van der Waals surface area contributed by atoms with Crippen LogP contribution in [0.4, 0.5) is 5.69 Å². The lowest BCUT2D eigenvalue weighted by Crippen LogP contribution is -2.38. The van der Waals surface area contributed by atoms with Crippen LogP contribution in [0.2, 0.25) is 5.02 Å². The summed E-state index contributed by atoms with van der Waals surface area (Å²) in [6, 6.07) is 14.3. The third kappa shape index (κ3) is 6.75. The van der Waals surface area contributed by atoms with Gasteiger partial charge in [-0.05, 0) is 49.1 Å². The Kier molecular flexibility index (Phi) is 8.35.